The van der Waals surface area contributed by atoms with Crippen LogP contribution in [0.3, 0.4) is 0 Å². The number of benzene rings is 1. The highest BCUT2D eigenvalue weighted by Gasteiger charge is 2.16. The molecule has 2 rings (SSSR count). The molecular formula is C14H20BrNS. The van der Waals surface area contributed by atoms with Crippen LogP contribution in [0.25, 0.3) is 0 Å². The fourth-order valence-electron chi connectivity index (χ4n) is 2.30. The van der Waals surface area contributed by atoms with Crippen molar-refractivity contribution in [3.63, 3.8) is 0 Å². The van der Waals surface area contributed by atoms with Crippen LogP contribution in [-0.4, -0.2) is 17.0 Å². The van der Waals surface area contributed by atoms with Gasteiger partial charge in [-0.1, -0.05) is 40.9 Å². The summed E-state index contributed by atoms with van der Waals surface area (Å²) >= 11 is 5.53. The molecule has 0 bridgehead atoms. The van der Waals surface area contributed by atoms with Gasteiger partial charge in [-0.25, -0.2) is 0 Å². The summed E-state index contributed by atoms with van der Waals surface area (Å²) in [5.74, 6) is 1.10. The Morgan fingerprint density at radius 3 is 2.53 bits per heavy atom. The molecule has 94 valence electrons. The van der Waals surface area contributed by atoms with E-state index in [0.29, 0.717) is 6.04 Å². The molecule has 0 heterocycles. The molecule has 1 unspecified atom stereocenters. The zero-order valence-corrected chi connectivity index (χ0v) is 12.5. The van der Waals surface area contributed by atoms with Gasteiger partial charge in [0, 0.05) is 21.5 Å². The predicted molar refractivity (Wildman–Crippen MR) is 80.5 cm³/mol. The number of halogens is 1. The molecule has 17 heavy (non-hydrogen) atoms. The number of thioether (sulfide) groups is 1. The summed E-state index contributed by atoms with van der Waals surface area (Å²) in [6.45, 7) is 0. The highest BCUT2D eigenvalue weighted by Crippen LogP contribution is 2.29. The third kappa shape index (κ3) is 4.65. The van der Waals surface area contributed by atoms with Gasteiger partial charge in [0.25, 0.3) is 0 Å². The van der Waals surface area contributed by atoms with Crippen molar-refractivity contribution in [1.82, 2.24) is 0 Å². The van der Waals surface area contributed by atoms with Crippen LogP contribution in [-0.2, 0) is 6.42 Å². The van der Waals surface area contributed by atoms with E-state index in [4.69, 9.17) is 5.73 Å². The summed E-state index contributed by atoms with van der Waals surface area (Å²) < 4.78 is 1.13. The van der Waals surface area contributed by atoms with E-state index in [9.17, 15) is 0 Å². The maximum Gasteiger partial charge on any atom is 0.0175 e. The van der Waals surface area contributed by atoms with Crippen molar-refractivity contribution in [3.05, 3.63) is 34.3 Å². The molecule has 0 spiro atoms. The Bertz CT molecular complexity index is 333. The Morgan fingerprint density at radius 1 is 1.24 bits per heavy atom. The first-order valence-corrected chi connectivity index (χ1v) is 8.20. The third-order valence-electron chi connectivity index (χ3n) is 3.26. The molecule has 0 aliphatic heterocycles. The molecule has 0 saturated heterocycles. The fraction of sp³-hybridized carbons (Fsp3) is 0.571. The van der Waals surface area contributed by atoms with E-state index in [2.05, 4.69) is 52.0 Å². The van der Waals surface area contributed by atoms with Crippen molar-refractivity contribution in [2.24, 2.45) is 5.73 Å². The Labute approximate surface area is 117 Å². The summed E-state index contributed by atoms with van der Waals surface area (Å²) in [7, 11) is 0. The highest BCUT2D eigenvalue weighted by molar-refractivity contribution is 9.10. The predicted octanol–water partition coefficient (Wildman–Crippen LogP) is 3.99. The van der Waals surface area contributed by atoms with Gasteiger partial charge in [0.1, 0.15) is 0 Å². The molecule has 0 aromatic heterocycles. The minimum atomic E-state index is 0.293. The second-order valence-electron chi connectivity index (χ2n) is 4.83. The Balaban J connectivity index is 1.72. The molecule has 0 radical (unpaired) electrons. The van der Waals surface area contributed by atoms with E-state index >= 15 is 0 Å². The van der Waals surface area contributed by atoms with Crippen LogP contribution < -0.4 is 5.73 Å². The van der Waals surface area contributed by atoms with E-state index < -0.39 is 0 Å². The average molecular weight is 314 g/mol. The largest absolute Gasteiger partial charge is 0.327 e. The van der Waals surface area contributed by atoms with E-state index in [1.807, 2.05) is 0 Å². The zero-order valence-electron chi connectivity index (χ0n) is 10.1. The molecule has 1 aromatic carbocycles. The van der Waals surface area contributed by atoms with Crippen molar-refractivity contribution >= 4 is 27.7 Å². The van der Waals surface area contributed by atoms with Gasteiger partial charge >= 0.3 is 0 Å². The van der Waals surface area contributed by atoms with Crippen LogP contribution in [0.15, 0.2) is 28.7 Å². The zero-order chi connectivity index (χ0) is 12.1. The number of rotatable bonds is 5. The van der Waals surface area contributed by atoms with Crippen molar-refractivity contribution in [2.45, 2.75) is 43.4 Å². The fourth-order valence-corrected chi connectivity index (χ4v) is 3.87. The van der Waals surface area contributed by atoms with Crippen LogP contribution in [0.5, 0.6) is 0 Å². The molecular weight excluding hydrogens is 294 g/mol. The van der Waals surface area contributed by atoms with Crippen LogP contribution in [0.4, 0.5) is 0 Å². The van der Waals surface area contributed by atoms with Crippen LogP contribution >= 0.6 is 27.7 Å². The van der Waals surface area contributed by atoms with Crippen molar-refractivity contribution in [2.75, 3.05) is 5.75 Å². The SMILES string of the molecule is NC(CSC1CCCC1)Cc1ccc(Br)cc1. The number of hydrogen-bond acceptors (Lipinski definition) is 2. The van der Waals surface area contributed by atoms with Gasteiger partial charge in [-0.3, -0.25) is 0 Å². The molecule has 1 fully saturated rings. The molecule has 1 aliphatic rings. The lowest BCUT2D eigenvalue weighted by molar-refractivity contribution is 0.744. The van der Waals surface area contributed by atoms with Crippen molar-refractivity contribution < 1.29 is 0 Å². The Hall–Kier alpha value is 0.01000. The first-order chi connectivity index (χ1) is 8.24. The van der Waals surface area contributed by atoms with Gasteiger partial charge in [0.05, 0.1) is 0 Å². The molecule has 1 aliphatic carbocycles. The van der Waals surface area contributed by atoms with Crippen LogP contribution in [0.1, 0.15) is 31.2 Å². The smallest absolute Gasteiger partial charge is 0.0175 e. The lowest BCUT2D eigenvalue weighted by atomic mass is 10.1. The number of nitrogens with two attached hydrogens (primary N) is 1. The maximum atomic E-state index is 6.19. The average Bonchev–Trinajstić information content (AvgIpc) is 2.83. The van der Waals surface area contributed by atoms with E-state index in [1.165, 1.54) is 31.2 Å². The van der Waals surface area contributed by atoms with Gasteiger partial charge < -0.3 is 5.73 Å². The molecule has 1 aromatic rings. The quantitative estimate of drug-likeness (QED) is 0.889. The van der Waals surface area contributed by atoms with Gasteiger partial charge in [-0.05, 0) is 37.0 Å². The second-order valence-corrected chi connectivity index (χ2v) is 7.08. The van der Waals surface area contributed by atoms with E-state index in [-0.39, 0.29) is 0 Å². The van der Waals surface area contributed by atoms with Crippen molar-refractivity contribution in [1.29, 1.82) is 0 Å². The van der Waals surface area contributed by atoms with E-state index in [1.54, 1.807) is 0 Å². The molecule has 0 amide bonds. The lowest BCUT2D eigenvalue weighted by Gasteiger charge is -2.14. The third-order valence-corrected chi connectivity index (χ3v) is 5.35. The molecule has 1 atom stereocenters. The second kappa shape index (κ2) is 6.81. The molecule has 2 N–H and O–H groups in total. The summed E-state index contributed by atoms with van der Waals surface area (Å²) in [6.07, 6.45) is 6.62. The van der Waals surface area contributed by atoms with Crippen molar-refractivity contribution in [3.8, 4) is 0 Å². The Kier molecular flexibility index (Phi) is 5.39. The molecule has 3 heteroatoms. The lowest BCUT2D eigenvalue weighted by Crippen LogP contribution is -2.26. The normalized spacial score (nSPS) is 18.5. The van der Waals surface area contributed by atoms with Crippen LogP contribution in [0.2, 0.25) is 0 Å². The summed E-state index contributed by atoms with van der Waals surface area (Å²) in [6, 6.07) is 8.79. The summed E-state index contributed by atoms with van der Waals surface area (Å²) in [4.78, 5) is 0. The maximum absolute atomic E-state index is 6.19. The summed E-state index contributed by atoms with van der Waals surface area (Å²) in [5.41, 5.74) is 7.53. The summed E-state index contributed by atoms with van der Waals surface area (Å²) in [5, 5.41) is 0.881. The van der Waals surface area contributed by atoms with Gasteiger partial charge in [0.15, 0.2) is 0 Å². The minimum absolute atomic E-state index is 0.293. The Morgan fingerprint density at radius 2 is 1.88 bits per heavy atom. The molecule has 1 saturated carbocycles. The molecule has 1 nitrogen and oxygen atoms in total. The first-order valence-electron chi connectivity index (χ1n) is 6.35. The number of hydrogen-bond donors (Lipinski definition) is 1. The standard InChI is InChI=1S/C14H20BrNS/c15-12-7-5-11(6-8-12)9-13(16)10-17-14-3-1-2-4-14/h5-8,13-14H,1-4,9-10,16H2. The van der Waals surface area contributed by atoms with Gasteiger partial charge in [-0.15, -0.1) is 0 Å². The minimum Gasteiger partial charge on any atom is -0.327 e. The van der Waals surface area contributed by atoms with Crippen LogP contribution in [0, 0.1) is 0 Å². The van der Waals surface area contributed by atoms with Gasteiger partial charge in [0.2, 0.25) is 0 Å². The topological polar surface area (TPSA) is 26.0 Å². The first kappa shape index (κ1) is 13.4. The highest BCUT2D eigenvalue weighted by atomic mass is 79.9. The monoisotopic (exact) mass is 313 g/mol. The van der Waals surface area contributed by atoms with E-state index in [0.717, 1.165) is 21.9 Å². The van der Waals surface area contributed by atoms with Gasteiger partial charge in [-0.2, -0.15) is 11.8 Å².